The number of hydrogen-bond donors (Lipinski definition) is 1. The number of nitrogens with two attached hydrogens (primary N) is 1. The van der Waals surface area contributed by atoms with Gasteiger partial charge < -0.3 is 10.6 Å². The Morgan fingerprint density at radius 1 is 1.15 bits per heavy atom. The van der Waals surface area contributed by atoms with Gasteiger partial charge in [0.15, 0.2) is 0 Å². The summed E-state index contributed by atoms with van der Waals surface area (Å²) in [6, 6.07) is 9.94. The summed E-state index contributed by atoms with van der Waals surface area (Å²) in [4.78, 5) is 2.10. The van der Waals surface area contributed by atoms with E-state index < -0.39 is 12.1 Å². The molecule has 2 N–H and O–H groups in total. The van der Waals surface area contributed by atoms with Crippen LogP contribution >= 0.6 is 0 Å². The van der Waals surface area contributed by atoms with Gasteiger partial charge in [-0.05, 0) is 31.5 Å². The SMILES string of the molecule is NCC(CN1CCC(C(F)(F)F)CC1)c1ccccc1. The molecule has 0 aliphatic carbocycles. The lowest BCUT2D eigenvalue weighted by atomic mass is 9.93. The van der Waals surface area contributed by atoms with Gasteiger partial charge in [-0.1, -0.05) is 30.3 Å². The number of nitrogens with zero attached hydrogens (tertiary/aromatic N) is 1. The molecule has 0 bridgehead atoms. The Kier molecular flexibility index (Phi) is 5.05. The van der Waals surface area contributed by atoms with Crippen molar-refractivity contribution < 1.29 is 13.2 Å². The van der Waals surface area contributed by atoms with Gasteiger partial charge in [0.2, 0.25) is 0 Å². The Hall–Kier alpha value is -1.07. The van der Waals surface area contributed by atoms with E-state index in [0.29, 0.717) is 19.6 Å². The van der Waals surface area contributed by atoms with Crippen LogP contribution in [0.3, 0.4) is 0 Å². The van der Waals surface area contributed by atoms with Crippen LogP contribution in [0.5, 0.6) is 0 Å². The van der Waals surface area contributed by atoms with Gasteiger partial charge in [0.25, 0.3) is 0 Å². The van der Waals surface area contributed by atoms with Crippen molar-refractivity contribution in [2.24, 2.45) is 11.7 Å². The third-order valence-electron chi connectivity index (χ3n) is 4.08. The maximum atomic E-state index is 12.6. The van der Waals surface area contributed by atoms with Crippen molar-refractivity contribution in [3.05, 3.63) is 35.9 Å². The lowest BCUT2D eigenvalue weighted by Gasteiger charge is -2.34. The van der Waals surface area contributed by atoms with E-state index in [2.05, 4.69) is 4.90 Å². The summed E-state index contributed by atoms with van der Waals surface area (Å²) >= 11 is 0. The molecule has 1 unspecified atom stereocenters. The van der Waals surface area contributed by atoms with E-state index in [-0.39, 0.29) is 18.8 Å². The summed E-state index contributed by atoms with van der Waals surface area (Å²) in [5.41, 5.74) is 6.97. The summed E-state index contributed by atoms with van der Waals surface area (Å²) in [6.45, 7) is 2.27. The largest absolute Gasteiger partial charge is 0.391 e. The van der Waals surface area contributed by atoms with Crippen molar-refractivity contribution in [2.45, 2.75) is 24.9 Å². The molecule has 1 fully saturated rings. The smallest absolute Gasteiger partial charge is 0.330 e. The highest BCUT2D eigenvalue weighted by Crippen LogP contribution is 2.34. The molecule has 1 heterocycles. The van der Waals surface area contributed by atoms with Crippen LogP contribution in [0.1, 0.15) is 24.3 Å². The third-order valence-corrected chi connectivity index (χ3v) is 4.08. The van der Waals surface area contributed by atoms with E-state index in [0.717, 1.165) is 12.1 Å². The summed E-state index contributed by atoms with van der Waals surface area (Å²) in [5, 5.41) is 0. The van der Waals surface area contributed by atoms with Gasteiger partial charge in [-0.25, -0.2) is 0 Å². The van der Waals surface area contributed by atoms with Crippen molar-refractivity contribution in [1.82, 2.24) is 4.90 Å². The maximum Gasteiger partial charge on any atom is 0.391 e. The van der Waals surface area contributed by atoms with Crippen molar-refractivity contribution >= 4 is 0 Å². The molecule has 20 heavy (non-hydrogen) atoms. The van der Waals surface area contributed by atoms with E-state index >= 15 is 0 Å². The molecular formula is C15H21F3N2. The van der Waals surface area contributed by atoms with Crippen LogP contribution in [0.25, 0.3) is 0 Å². The highest BCUT2D eigenvalue weighted by atomic mass is 19.4. The average molecular weight is 286 g/mol. The van der Waals surface area contributed by atoms with Gasteiger partial charge in [-0.2, -0.15) is 13.2 Å². The zero-order chi connectivity index (χ0) is 14.6. The second-order valence-electron chi connectivity index (χ2n) is 5.46. The summed E-state index contributed by atoms with van der Waals surface area (Å²) in [7, 11) is 0. The Bertz CT molecular complexity index is 397. The summed E-state index contributed by atoms with van der Waals surface area (Å²) in [6.07, 6.45) is -3.63. The fourth-order valence-corrected chi connectivity index (χ4v) is 2.80. The van der Waals surface area contributed by atoms with Gasteiger partial charge in [0, 0.05) is 19.0 Å². The number of rotatable bonds is 4. The van der Waals surface area contributed by atoms with Crippen molar-refractivity contribution in [3.8, 4) is 0 Å². The molecular weight excluding hydrogens is 265 g/mol. The first kappa shape index (κ1) is 15.3. The zero-order valence-electron chi connectivity index (χ0n) is 11.4. The molecule has 1 aromatic carbocycles. The Balaban J connectivity index is 1.88. The minimum absolute atomic E-state index is 0.193. The van der Waals surface area contributed by atoms with Crippen LogP contribution in [0.4, 0.5) is 13.2 Å². The Morgan fingerprint density at radius 3 is 2.25 bits per heavy atom. The molecule has 0 aromatic heterocycles. The molecule has 2 rings (SSSR count). The predicted octanol–water partition coefficient (Wildman–Crippen LogP) is 3.00. The topological polar surface area (TPSA) is 29.3 Å². The molecule has 0 spiro atoms. The average Bonchev–Trinajstić information content (AvgIpc) is 2.45. The van der Waals surface area contributed by atoms with E-state index in [1.165, 1.54) is 0 Å². The maximum absolute atomic E-state index is 12.6. The van der Waals surface area contributed by atoms with Crippen LogP contribution in [0.2, 0.25) is 0 Å². The first-order valence-corrected chi connectivity index (χ1v) is 7.04. The number of likely N-dealkylation sites (tertiary alicyclic amines) is 1. The molecule has 1 atom stereocenters. The van der Waals surface area contributed by atoms with Crippen molar-refractivity contribution in [1.29, 1.82) is 0 Å². The van der Waals surface area contributed by atoms with Crippen LogP contribution < -0.4 is 5.73 Å². The Labute approximate surface area is 117 Å². The fourth-order valence-electron chi connectivity index (χ4n) is 2.80. The van der Waals surface area contributed by atoms with Gasteiger partial charge in [-0.15, -0.1) is 0 Å². The molecule has 1 aliphatic heterocycles. The lowest BCUT2D eigenvalue weighted by Crippen LogP contribution is -2.41. The fraction of sp³-hybridized carbons (Fsp3) is 0.600. The molecule has 1 aliphatic rings. The molecule has 112 valence electrons. The molecule has 0 saturated carbocycles. The minimum Gasteiger partial charge on any atom is -0.330 e. The molecule has 0 amide bonds. The first-order chi connectivity index (χ1) is 9.50. The molecule has 5 heteroatoms. The normalized spacial score (nSPS) is 20.0. The van der Waals surface area contributed by atoms with E-state index in [1.807, 2.05) is 30.3 Å². The van der Waals surface area contributed by atoms with Gasteiger partial charge >= 0.3 is 6.18 Å². The number of hydrogen-bond acceptors (Lipinski definition) is 2. The molecule has 2 nitrogen and oxygen atoms in total. The van der Waals surface area contributed by atoms with E-state index in [1.54, 1.807) is 0 Å². The van der Waals surface area contributed by atoms with Crippen molar-refractivity contribution in [3.63, 3.8) is 0 Å². The predicted molar refractivity (Wildman–Crippen MR) is 73.5 cm³/mol. The second-order valence-corrected chi connectivity index (χ2v) is 5.46. The van der Waals surface area contributed by atoms with Crippen molar-refractivity contribution in [2.75, 3.05) is 26.2 Å². The third kappa shape index (κ3) is 3.96. The van der Waals surface area contributed by atoms with Crippen LogP contribution in [0, 0.1) is 5.92 Å². The summed E-state index contributed by atoms with van der Waals surface area (Å²) < 4.78 is 37.9. The van der Waals surface area contributed by atoms with E-state index in [9.17, 15) is 13.2 Å². The van der Waals surface area contributed by atoms with Crippen LogP contribution in [-0.4, -0.2) is 37.3 Å². The Morgan fingerprint density at radius 2 is 1.75 bits per heavy atom. The molecule has 1 saturated heterocycles. The van der Waals surface area contributed by atoms with Crippen LogP contribution in [0.15, 0.2) is 30.3 Å². The van der Waals surface area contributed by atoms with Gasteiger partial charge in [-0.3, -0.25) is 0 Å². The molecule has 1 aromatic rings. The highest BCUT2D eigenvalue weighted by molar-refractivity contribution is 5.20. The monoisotopic (exact) mass is 286 g/mol. The standard InChI is InChI=1S/C15H21F3N2/c16-15(17,18)14-6-8-20(9-7-14)11-13(10-19)12-4-2-1-3-5-12/h1-5,13-14H,6-11,19H2. The minimum atomic E-state index is -4.04. The number of alkyl halides is 3. The van der Waals surface area contributed by atoms with Gasteiger partial charge in [0.05, 0.1) is 5.92 Å². The van der Waals surface area contributed by atoms with E-state index in [4.69, 9.17) is 5.73 Å². The number of piperidine rings is 1. The highest BCUT2D eigenvalue weighted by Gasteiger charge is 2.41. The number of halogens is 3. The molecule has 0 radical (unpaired) electrons. The lowest BCUT2D eigenvalue weighted by molar-refractivity contribution is -0.185. The summed E-state index contributed by atoms with van der Waals surface area (Å²) in [5.74, 6) is -0.939. The van der Waals surface area contributed by atoms with Gasteiger partial charge in [0.1, 0.15) is 0 Å². The quantitative estimate of drug-likeness (QED) is 0.922. The first-order valence-electron chi connectivity index (χ1n) is 7.04. The number of benzene rings is 1. The zero-order valence-corrected chi connectivity index (χ0v) is 11.4. The second kappa shape index (κ2) is 6.59. The van der Waals surface area contributed by atoms with Crippen LogP contribution in [-0.2, 0) is 0 Å².